The van der Waals surface area contributed by atoms with E-state index in [9.17, 15) is 9.59 Å². The molecule has 0 bridgehead atoms. The highest BCUT2D eigenvalue weighted by atomic mass is 32.1. The Bertz CT molecular complexity index is 481. The quantitative estimate of drug-likeness (QED) is 0.863. The topological polar surface area (TPSA) is 85.8 Å². The van der Waals surface area contributed by atoms with Crippen molar-refractivity contribution in [1.82, 2.24) is 15.2 Å². The number of nitrogens with zero attached hydrogens (tertiary/aromatic N) is 3. The highest BCUT2D eigenvalue weighted by Gasteiger charge is 2.32. The molecule has 1 aromatic rings. The number of carboxylic acids is 1. The van der Waals surface area contributed by atoms with E-state index in [1.54, 1.807) is 22.4 Å². The van der Waals surface area contributed by atoms with Crippen LogP contribution in [0.3, 0.4) is 0 Å². The van der Waals surface area contributed by atoms with Gasteiger partial charge in [-0.25, -0.2) is 14.6 Å². The molecular weight excluding hydrogens is 280 g/mol. The number of piperazine rings is 1. The number of nitrogens with one attached hydrogen (secondary N) is 1. The van der Waals surface area contributed by atoms with E-state index < -0.39 is 11.5 Å². The van der Waals surface area contributed by atoms with E-state index in [1.165, 1.54) is 13.8 Å². The third-order valence-corrected chi connectivity index (χ3v) is 4.04. The van der Waals surface area contributed by atoms with Crippen molar-refractivity contribution in [3.8, 4) is 0 Å². The van der Waals surface area contributed by atoms with Crippen LogP contribution in [0.2, 0.25) is 0 Å². The van der Waals surface area contributed by atoms with Gasteiger partial charge < -0.3 is 20.2 Å². The van der Waals surface area contributed by atoms with Crippen molar-refractivity contribution in [1.29, 1.82) is 0 Å². The molecule has 7 nitrogen and oxygen atoms in total. The van der Waals surface area contributed by atoms with Crippen LogP contribution < -0.4 is 10.2 Å². The Labute approximate surface area is 121 Å². The molecule has 1 aliphatic rings. The first-order valence-electron chi connectivity index (χ1n) is 6.35. The summed E-state index contributed by atoms with van der Waals surface area (Å²) in [5.41, 5.74) is -1.26. The van der Waals surface area contributed by atoms with Gasteiger partial charge in [-0.05, 0) is 13.8 Å². The first kappa shape index (κ1) is 14.6. The smallest absolute Gasteiger partial charge is 0.328 e. The summed E-state index contributed by atoms with van der Waals surface area (Å²) in [4.78, 5) is 31.0. The molecule has 0 atom stereocenters. The number of carbonyl (C=O) groups excluding carboxylic acids is 1. The van der Waals surface area contributed by atoms with Crippen LogP contribution in [0.1, 0.15) is 13.8 Å². The Hall–Kier alpha value is -1.83. The average Bonchev–Trinajstić information content (AvgIpc) is 2.92. The number of hydrogen-bond donors (Lipinski definition) is 2. The Kier molecular flexibility index (Phi) is 4.12. The maximum Gasteiger partial charge on any atom is 0.328 e. The number of aromatic nitrogens is 1. The standard InChI is InChI=1S/C12H18N4O3S/c1-12(2,9(17)18)14-10(19)15-4-6-16(7-5-15)11-13-3-8-20-11/h3,8H,4-7H2,1-2H3,(H,14,19)(H,17,18). The molecule has 1 fully saturated rings. The first-order chi connectivity index (χ1) is 9.40. The summed E-state index contributed by atoms with van der Waals surface area (Å²) in [6, 6.07) is -0.337. The van der Waals surface area contributed by atoms with Crippen molar-refractivity contribution < 1.29 is 14.7 Å². The van der Waals surface area contributed by atoms with Gasteiger partial charge >= 0.3 is 12.0 Å². The van der Waals surface area contributed by atoms with E-state index in [0.717, 1.165) is 5.13 Å². The summed E-state index contributed by atoms with van der Waals surface area (Å²) in [5.74, 6) is -1.05. The molecular formula is C12H18N4O3S. The predicted molar refractivity (Wildman–Crippen MR) is 76.1 cm³/mol. The number of hydrogen-bond acceptors (Lipinski definition) is 5. The molecule has 0 spiro atoms. The van der Waals surface area contributed by atoms with Gasteiger partial charge in [-0.3, -0.25) is 0 Å². The summed E-state index contributed by atoms with van der Waals surface area (Å²) < 4.78 is 0. The van der Waals surface area contributed by atoms with Gasteiger partial charge in [-0.2, -0.15) is 0 Å². The fourth-order valence-electron chi connectivity index (χ4n) is 1.87. The lowest BCUT2D eigenvalue weighted by Gasteiger charge is -2.36. The molecule has 0 aromatic carbocycles. The summed E-state index contributed by atoms with van der Waals surface area (Å²) in [6.45, 7) is 5.46. The monoisotopic (exact) mass is 298 g/mol. The molecule has 1 saturated heterocycles. The number of carbonyl (C=O) groups is 2. The van der Waals surface area contributed by atoms with Crippen LogP contribution in [0.25, 0.3) is 0 Å². The lowest BCUT2D eigenvalue weighted by molar-refractivity contribution is -0.143. The minimum Gasteiger partial charge on any atom is -0.480 e. The average molecular weight is 298 g/mol. The van der Waals surface area contributed by atoms with Gasteiger partial charge in [0.25, 0.3) is 0 Å². The number of carboxylic acid groups (broad SMARTS) is 1. The molecule has 0 unspecified atom stereocenters. The van der Waals surface area contributed by atoms with Crippen LogP contribution >= 0.6 is 11.3 Å². The lowest BCUT2D eigenvalue weighted by atomic mass is 10.1. The molecule has 0 radical (unpaired) electrons. The molecule has 8 heteroatoms. The highest BCUT2D eigenvalue weighted by Crippen LogP contribution is 2.19. The first-order valence-corrected chi connectivity index (χ1v) is 7.23. The van der Waals surface area contributed by atoms with Gasteiger partial charge in [-0.15, -0.1) is 11.3 Å². The van der Waals surface area contributed by atoms with Crippen molar-refractivity contribution in [2.45, 2.75) is 19.4 Å². The molecule has 2 amide bonds. The second-order valence-electron chi connectivity index (χ2n) is 5.15. The molecule has 0 aliphatic carbocycles. The largest absolute Gasteiger partial charge is 0.480 e. The van der Waals surface area contributed by atoms with Gasteiger partial charge in [0.05, 0.1) is 0 Å². The number of thiazole rings is 1. The van der Waals surface area contributed by atoms with Crippen LogP contribution in [0.5, 0.6) is 0 Å². The third kappa shape index (κ3) is 3.19. The van der Waals surface area contributed by atoms with Gasteiger partial charge in [0.1, 0.15) is 5.54 Å². The molecule has 20 heavy (non-hydrogen) atoms. The van der Waals surface area contributed by atoms with E-state index in [2.05, 4.69) is 15.2 Å². The highest BCUT2D eigenvalue weighted by molar-refractivity contribution is 7.13. The van der Waals surface area contributed by atoms with Gasteiger partial charge in [-0.1, -0.05) is 0 Å². The van der Waals surface area contributed by atoms with E-state index in [0.29, 0.717) is 26.2 Å². The maximum atomic E-state index is 12.0. The zero-order chi connectivity index (χ0) is 14.8. The van der Waals surface area contributed by atoms with E-state index in [4.69, 9.17) is 5.11 Å². The number of urea groups is 1. The fourth-order valence-corrected chi connectivity index (χ4v) is 2.57. The molecule has 1 aromatic heterocycles. The predicted octanol–water partition coefficient (Wildman–Crippen LogP) is 0.838. The zero-order valence-corrected chi connectivity index (χ0v) is 12.3. The summed E-state index contributed by atoms with van der Waals surface area (Å²) in [7, 11) is 0. The van der Waals surface area contributed by atoms with Crippen LogP contribution in [0, 0.1) is 0 Å². The van der Waals surface area contributed by atoms with Crippen molar-refractivity contribution in [3.63, 3.8) is 0 Å². The number of amides is 2. The van der Waals surface area contributed by atoms with Crippen molar-refractivity contribution in [2.75, 3.05) is 31.1 Å². The Morgan fingerprint density at radius 2 is 2.00 bits per heavy atom. The minimum atomic E-state index is -1.26. The number of rotatable bonds is 3. The van der Waals surface area contributed by atoms with Crippen LogP contribution in [0.4, 0.5) is 9.93 Å². The second kappa shape index (κ2) is 5.66. The SMILES string of the molecule is CC(C)(NC(=O)N1CCN(c2nccs2)CC1)C(=O)O. The van der Waals surface area contributed by atoms with Crippen LogP contribution in [-0.4, -0.2) is 58.7 Å². The summed E-state index contributed by atoms with van der Waals surface area (Å²) in [5, 5.41) is 14.4. The Balaban J connectivity index is 1.87. The maximum absolute atomic E-state index is 12.0. The molecule has 1 aliphatic heterocycles. The lowest BCUT2D eigenvalue weighted by Crippen LogP contribution is -2.58. The van der Waals surface area contributed by atoms with Gasteiger partial charge in [0.15, 0.2) is 5.13 Å². The minimum absolute atomic E-state index is 0.337. The van der Waals surface area contributed by atoms with E-state index in [1.807, 2.05) is 5.38 Å². The molecule has 110 valence electrons. The van der Waals surface area contributed by atoms with Gasteiger partial charge in [0, 0.05) is 37.8 Å². The molecule has 2 heterocycles. The summed E-state index contributed by atoms with van der Waals surface area (Å²) >= 11 is 1.57. The zero-order valence-electron chi connectivity index (χ0n) is 11.5. The Morgan fingerprint density at radius 3 is 2.50 bits per heavy atom. The number of anilines is 1. The van der Waals surface area contributed by atoms with Crippen molar-refractivity contribution in [2.24, 2.45) is 0 Å². The molecule has 0 saturated carbocycles. The van der Waals surface area contributed by atoms with Crippen molar-refractivity contribution >= 4 is 28.5 Å². The van der Waals surface area contributed by atoms with E-state index in [-0.39, 0.29) is 6.03 Å². The number of aliphatic carboxylic acids is 1. The normalized spacial score (nSPS) is 16.1. The Morgan fingerprint density at radius 1 is 1.35 bits per heavy atom. The van der Waals surface area contributed by atoms with E-state index >= 15 is 0 Å². The van der Waals surface area contributed by atoms with Crippen LogP contribution in [-0.2, 0) is 4.79 Å². The summed E-state index contributed by atoms with van der Waals surface area (Å²) in [6.07, 6.45) is 1.76. The second-order valence-corrected chi connectivity index (χ2v) is 6.02. The third-order valence-electron chi connectivity index (χ3n) is 3.21. The molecule has 2 N–H and O–H groups in total. The fraction of sp³-hybridized carbons (Fsp3) is 0.583. The van der Waals surface area contributed by atoms with Crippen molar-refractivity contribution in [3.05, 3.63) is 11.6 Å². The van der Waals surface area contributed by atoms with Gasteiger partial charge in [0.2, 0.25) is 0 Å². The van der Waals surface area contributed by atoms with Crippen LogP contribution in [0.15, 0.2) is 11.6 Å². The molecule has 2 rings (SSSR count).